The fraction of sp³-hybridized carbons (Fsp3) is 0.409. The fourth-order valence-corrected chi connectivity index (χ4v) is 6.32. The van der Waals surface area contributed by atoms with Gasteiger partial charge in [0.1, 0.15) is 5.75 Å². The van der Waals surface area contributed by atoms with E-state index in [2.05, 4.69) is 20.7 Å². The molecule has 1 aliphatic carbocycles. The lowest BCUT2D eigenvalue weighted by Crippen LogP contribution is -2.39. The van der Waals surface area contributed by atoms with Crippen LogP contribution in [0.5, 0.6) is 5.75 Å². The number of sulfonamides is 1. The van der Waals surface area contributed by atoms with Crippen molar-refractivity contribution in [3.8, 4) is 5.75 Å². The molecule has 2 aromatic carbocycles. The largest absolute Gasteiger partial charge is 0.482 e. The third kappa shape index (κ3) is 4.92. The van der Waals surface area contributed by atoms with E-state index in [9.17, 15) is 13.2 Å². The van der Waals surface area contributed by atoms with Crippen LogP contribution in [0.1, 0.15) is 38.2 Å². The second-order valence-corrected chi connectivity index (χ2v) is 11.1. The van der Waals surface area contributed by atoms with Crippen molar-refractivity contribution in [3.05, 3.63) is 51.5 Å². The number of ether oxygens (including phenoxy) is 1. The van der Waals surface area contributed by atoms with Crippen LogP contribution in [0.15, 0.2) is 45.8 Å². The molecule has 1 fully saturated rings. The molecule has 166 valence electrons. The number of nitrogens with zero attached hydrogens (tertiary/aromatic N) is 1. The van der Waals surface area contributed by atoms with Gasteiger partial charge in [0.05, 0.1) is 9.92 Å². The Hall–Kier alpha value is -1.61. The molecule has 1 N–H and O–H groups in total. The summed E-state index contributed by atoms with van der Waals surface area (Å²) in [7, 11) is -3.64. The van der Waals surface area contributed by atoms with Crippen molar-refractivity contribution in [2.75, 3.05) is 11.5 Å². The summed E-state index contributed by atoms with van der Waals surface area (Å²) in [6.07, 6.45) is 4.55. The van der Waals surface area contributed by atoms with E-state index in [0.29, 0.717) is 0 Å². The zero-order valence-electron chi connectivity index (χ0n) is 17.1. The molecule has 1 heterocycles. The molecule has 6 nitrogen and oxygen atoms in total. The minimum atomic E-state index is -3.64. The molecule has 0 spiro atoms. The number of anilines is 1. The molecule has 9 heteroatoms. The number of amides is 1. The van der Waals surface area contributed by atoms with Crippen LogP contribution in [0.2, 0.25) is 5.02 Å². The number of fused-ring (bicyclic) bond motifs is 1. The smallest absolute Gasteiger partial charge is 0.265 e. The maximum atomic E-state index is 12.8. The number of carbonyl (C=O) groups excluding carboxylic acids is 1. The van der Waals surface area contributed by atoms with Gasteiger partial charge >= 0.3 is 0 Å². The Morgan fingerprint density at radius 2 is 1.97 bits per heavy atom. The first-order chi connectivity index (χ1) is 14.7. The Bertz CT molecular complexity index is 1100. The molecule has 2 aromatic rings. The van der Waals surface area contributed by atoms with Crippen LogP contribution in [-0.2, 0) is 21.2 Å². The van der Waals surface area contributed by atoms with Crippen LogP contribution in [-0.4, -0.2) is 33.0 Å². The number of nitrogens with one attached hydrogen (secondary N) is 1. The average Bonchev–Trinajstić information content (AvgIpc) is 3.32. The molecular formula is C22H24BrClN2O4S. The molecule has 0 bridgehead atoms. The molecule has 1 aliphatic heterocycles. The Labute approximate surface area is 196 Å². The van der Waals surface area contributed by atoms with Crippen molar-refractivity contribution in [1.82, 2.24) is 4.72 Å². The molecule has 0 aromatic heterocycles. The number of halogens is 2. The van der Waals surface area contributed by atoms with Gasteiger partial charge in [0, 0.05) is 22.2 Å². The molecule has 31 heavy (non-hydrogen) atoms. The molecule has 2 aliphatic rings. The summed E-state index contributed by atoms with van der Waals surface area (Å²) in [6.45, 7) is 1.81. The minimum Gasteiger partial charge on any atom is -0.482 e. The Morgan fingerprint density at radius 1 is 1.23 bits per heavy atom. The van der Waals surface area contributed by atoms with Crippen LogP contribution in [0.4, 0.5) is 5.69 Å². The molecule has 0 unspecified atom stereocenters. The highest BCUT2D eigenvalue weighted by Gasteiger charge is 2.31. The summed E-state index contributed by atoms with van der Waals surface area (Å²) in [5.41, 5.74) is 1.99. The normalized spacial score (nSPS) is 18.9. The summed E-state index contributed by atoms with van der Waals surface area (Å²) >= 11 is 9.74. The van der Waals surface area contributed by atoms with Gasteiger partial charge in [-0.2, -0.15) is 0 Å². The number of hydrogen-bond donors (Lipinski definition) is 1. The number of rotatable bonds is 6. The summed E-state index contributed by atoms with van der Waals surface area (Å²) in [5.74, 6) is 0.0990. The van der Waals surface area contributed by atoms with Crippen molar-refractivity contribution in [2.45, 2.75) is 56.0 Å². The molecule has 1 amide bonds. The third-order valence-corrected chi connectivity index (χ3v) is 8.07. The SMILES string of the molecule is C[C@@H]1Cc2cc(Br)ccc2N1C(=O)COc1ccc(S(=O)(=O)NC2CCCC2)cc1Cl. The first-order valence-electron chi connectivity index (χ1n) is 10.3. The number of benzene rings is 2. The van der Waals surface area contributed by atoms with Crippen LogP contribution in [0.25, 0.3) is 0 Å². The van der Waals surface area contributed by atoms with Crippen molar-refractivity contribution < 1.29 is 17.9 Å². The first-order valence-corrected chi connectivity index (χ1v) is 12.9. The highest BCUT2D eigenvalue weighted by Crippen LogP contribution is 2.34. The molecule has 4 rings (SSSR count). The fourth-order valence-electron chi connectivity index (χ4n) is 4.29. The Balaban J connectivity index is 1.43. The second kappa shape index (κ2) is 9.10. The lowest BCUT2D eigenvalue weighted by atomic mass is 10.1. The van der Waals surface area contributed by atoms with Crippen molar-refractivity contribution in [2.24, 2.45) is 0 Å². The quantitative estimate of drug-likeness (QED) is 0.592. The van der Waals surface area contributed by atoms with Gasteiger partial charge in [-0.15, -0.1) is 0 Å². The van der Waals surface area contributed by atoms with Gasteiger partial charge in [0.15, 0.2) is 6.61 Å². The van der Waals surface area contributed by atoms with Crippen LogP contribution < -0.4 is 14.4 Å². The van der Waals surface area contributed by atoms with Gasteiger partial charge in [0.25, 0.3) is 5.91 Å². The summed E-state index contributed by atoms with van der Waals surface area (Å²) in [4.78, 5) is 14.7. The van der Waals surface area contributed by atoms with Gasteiger partial charge in [0.2, 0.25) is 10.0 Å². The van der Waals surface area contributed by atoms with E-state index in [1.807, 2.05) is 25.1 Å². The van der Waals surface area contributed by atoms with Crippen LogP contribution >= 0.6 is 27.5 Å². The highest BCUT2D eigenvalue weighted by molar-refractivity contribution is 9.10. The Morgan fingerprint density at radius 3 is 2.68 bits per heavy atom. The van der Waals surface area contributed by atoms with E-state index in [4.69, 9.17) is 16.3 Å². The van der Waals surface area contributed by atoms with E-state index in [0.717, 1.165) is 47.8 Å². The van der Waals surface area contributed by atoms with E-state index in [1.54, 1.807) is 4.90 Å². The lowest BCUT2D eigenvalue weighted by molar-refractivity contribution is -0.120. The topological polar surface area (TPSA) is 75.7 Å². The number of carbonyl (C=O) groups is 1. The van der Waals surface area contributed by atoms with Crippen molar-refractivity contribution >= 4 is 49.1 Å². The summed E-state index contributed by atoms with van der Waals surface area (Å²) in [5, 5.41) is 0.154. The monoisotopic (exact) mass is 526 g/mol. The van der Waals surface area contributed by atoms with Gasteiger partial charge in [-0.25, -0.2) is 13.1 Å². The molecule has 0 saturated heterocycles. The summed E-state index contributed by atoms with van der Waals surface area (Å²) in [6, 6.07) is 10.2. The first kappa shape index (κ1) is 22.6. The van der Waals surface area contributed by atoms with Crippen molar-refractivity contribution in [3.63, 3.8) is 0 Å². The van der Waals surface area contributed by atoms with E-state index in [1.165, 1.54) is 18.2 Å². The predicted octanol–water partition coefficient (Wildman–Crippen LogP) is 4.68. The maximum absolute atomic E-state index is 12.8. The highest BCUT2D eigenvalue weighted by atomic mass is 79.9. The lowest BCUT2D eigenvalue weighted by Gasteiger charge is -2.23. The van der Waals surface area contributed by atoms with E-state index >= 15 is 0 Å². The van der Waals surface area contributed by atoms with Gasteiger partial charge in [-0.05, 0) is 68.1 Å². The predicted molar refractivity (Wildman–Crippen MR) is 124 cm³/mol. The zero-order chi connectivity index (χ0) is 22.2. The van der Waals surface area contributed by atoms with Gasteiger partial charge < -0.3 is 9.64 Å². The van der Waals surface area contributed by atoms with E-state index < -0.39 is 10.0 Å². The third-order valence-electron chi connectivity index (χ3n) is 5.77. The standard InChI is InChI=1S/C22H24BrClN2O4S/c1-14-10-15-11-16(23)6-8-20(15)26(14)22(27)13-30-21-9-7-18(12-19(21)24)31(28,29)25-17-4-2-3-5-17/h6-9,11-12,14,17,25H,2-5,10,13H2,1H3/t14-/m1/s1. The van der Waals surface area contributed by atoms with Crippen LogP contribution in [0.3, 0.4) is 0 Å². The van der Waals surface area contributed by atoms with Gasteiger partial charge in [-0.3, -0.25) is 4.79 Å². The minimum absolute atomic E-state index is 0.0247. The van der Waals surface area contributed by atoms with Crippen molar-refractivity contribution in [1.29, 1.82) is 0 Å². The maximum Gasteiger partial charge on any atom is 0.265 e. The molecule has 1 atom stereocenters. The Kier molecular flexibility index (Phi) is 6.62. The average molecular weight is 528 g/mol. The molecular weight excluding hydrogens is 504 g/mol. The zero-order valence-corrected chi connectivity index (χ0v) is 20.3. The van der Waals surface area contributed by atoms with Crippen LogP contribution in [0, 0.1) is 0 Å². The molecule has 1 saturated carbocycles. The van der Waals surface area contributed by atoms with Gasteiger partial charge in [-0.1, -0.05) is 40.4 Å². The number of hydrogen-bond acceptors (Lipinski definition) is 4. The van der Waals surface area contributed by atoms with E-state index in [-0.39, 0.29) is 40.3 Å². The molecule has 0 radical (unpaired) electrons. The summed E-state index contributed by atoms with van der Waals surface area (Å²) < 4.78 is 34.6. The second-order valence-electron chi connectivity index (χ2n) is 8.07.